The fraction of sp³-hybridized carbons (Fsp3) is 0.161. The smallest absolute Gasteiger partial charge is 0.265 e. The Morgan fingerprint density at radius 1 is 1.00 bits per heavy atom. The molecule has 2 amide bonds. The normalized spacial score (nSPS) is 11.1. The number of thiophene rings is 1. The summed E-state index contributed by atoms with van der Waals surface area (Å²) in [4.78, 5) is 40.3. The molecule has 0 aliphatic rings. The second-order valence-corrected chi connectivity index (χ2v) is 11.1. The highest BCUT2D eigenvalue weighted by Crippen LogP contribution is 2.27. The van der Waals surface area contributed by atoms with Crippen LogP contribution in [0.2, 0.25) is 0 Å². The lowest BCUT2D eigenvalue weighted by Crippen LogP contribution is -2.17. The van der Waals surface area contributed by atoms with Crippen LogP contribution in [0.25, 0.3) is 10.3 Å². The number of amides is 2. The lowest BCUT2D eigenvalue weighted by atomic mass is 9.85. The number of nitrogens with one attached hydrogen (secondary N) is 3. The van der Waals surface area contributed by atoms with E-state index in [0.29, 0.717) is 44.5 Å². The van der Waals surface area contributed by atoms with Gasteiger partial charge in [-0.1, -0.05) is 18.2 Å². The molecule has 0 aliphatic heterocycles. The monoisotopic (exact) mass is 561 g/mol. The van der Waals surface area contributed by atoms with Crippen LogP contribution in [0.3, 0.4) is 0 Å². The number of hydrogen-bond donors (Lipinski definition) is 3. The van der Waals surface area contributed by atoms with Gasteiger partial charge in [-0.25, -0.2) is 9.97 Å². The van der Waals surface area contributed by atoms with Crippen LogP contribution in [0.4, 0.5) is 17.2 Å². The molecule has 0 spiro atoms. The molecule has 3 N–H and O–H groups in total. The quantitative estimate of drug-likeness (QED) is 0.202. The third kappa shape index (κ3) is 6.37. The maximum absolute atomic E-state index is 13.2. The number of carbonyl (C=O) groups excluding carboxylic acids is 2. The van der Waals surface area contributed by atoms with Crippen LogP contribution < -0.4 is 16.0 Å². The Bertz CT molecular complexity index is 1790. The number of carbonyl (C=O) groups is 2. The Balaban J connectivity index is 1.28. The first-order valence-corrected chi connectivity index (χ1v) is 13.7. The second-order valence-electron chi connectivity index (χ2n) is 10.0. The van der Waals surface area contributed by atoms with Crippen LogP contribution in [-0.4, -0.2) is 26.8 Å². The van der Waals surface area contributed by atoms with Crippen molar-refractivity contribution in [3.63, 3.8) is 0 Å². The van der Waals surface area contributed by atoms with E-state index >= 15 is 0 Å². The van der Waals surface area contributed by atoms with E-state index in [9.17, 15) is 14.9 Å². The van der Waals surface area contributed by atoms with Crippen molar-refractivity contribution in [3.05, 3.63) is 106 Å². The average molecular weight is 562 g/mol. The molecule has 41 heavy (non-hydrogen) atoms. The molecule has 10 heteroatoms. The lowest BCUT2D eigenvalue weighted by Gasteiger charge is -2.16. The van der Waals surface area contributed by atoms with Gasteiger partial charge in [0, 0.05) is 35.9 Å². The number of nitrogens with zero attached hydrogens (tertiary/aromatic N) is 4. The van der Waals surface area contributed by atoms with Gasteiger partial charge < -0.3 is 16.0 Å². The van der Waals surface area contributed by atoms with Gasteiger partial charge in [-0.2, -0.15) is 5.26 Å². The van der Waals surface area contributed by atoms with E-state index in [-0.39, 0.29) is 11.8 Å². The summed E-state index contributed by atoms with van der Waals surface area (Å²) >= 11 is 1.26. The van der Waals surface area contributed by atoms with Gasteiger partial charge in [0.05, 0.1) is 22.6 Å². The Labute approximate surface area is 241 Å². The van der Waals surface area contributed by atoms with Gasteiger partial charge in [0.1, 0.15) is 16.2 Å². The largest absolute Gasteiger partial charge is 0.365 e. The van der Waals surface area contributed by atoms with Gasteiger partial charge >= 0.3 is 0 Å². The number of anilines is 3. The Morgan fingerprint density at radius 3 is 2.59 bits per heavy atom. The average Bonchev–Trinajstić information content (AvgIpc) is 3.42. The molecule has 3 aromatic heterocycles. The summed E-state index contributed by atoms with van der Waals surface area (Å²) < 4.78 is 0. The van der Waals surface area contributed by atoms with Crippen molar-refractivity contribution in [3.8, 4) is 6.07 Å². The molecule has 0 saturated carbocycles. The molecule has 0 aliphatic carbocycles. The maximum atomic E-state index is 13.2. The van der Waals surface area contributed by atoms with E-state index in [1.54, 1.807) is 55.0 Å². The SMILES string of the molecule is Cc1ccc(NC(=O)c2cccc(C(C)(C)C#N)c2)cc1NC(=O)c1cc2nc(NCc3ccncc3)cnc2s1. The van der Waals surface area contributed by atoms with Crippen molar-refractivity contribution in [1.82, 2.24) is 15.0 Å². The van der Waals surface area contributed by atoms with E-state index in [1.807, 2.05) is 45.0 Å². The summed E-state index contributed by atoms with van der Waals surface area (Å²) in [5, 5.41) is 18.5. The van der Waals surface area contributed by atoms with Crippen molar-refractivity contribution >= 4 is 50.7 Å². The number of fused-ring (bicyclic) bond motifs is 1. The molecule has 9 nitrogen and oxygen atoms in total. The Kier molecular flexibility index (Phi) is 7.72. The molecular formula is C31H27N7O2S. The predicted octanol–water partition coefficient (Wildman–Crippen LogP) is 6.31. The summed E-state index contributed by atoms with van der Waals surface area (Å²) in [5.41, 5.74) is 4.12. The van der Waals surface area contributed by atoms with E-state index in [2.05, 4.69) is 37.0 Å². The second kappa shape index (κ2) is 11.5. The van der Waals surface area contributed by atoms with E-state index < -0.39 is 5.41 Å². The Hall–Kier alpha value is -5.14. The van der Waals surface area contributed by atoms with Gasteiger partial charge in [0.2, 0.25) is 0 Å². The number of hydrogen-bond acceptors (Lipinski definition) is 8. The zero-order chi connectivity index (χ0) is 29.0. The number of aryl methyl sites for hydroxylation is 1. The molecule has 0 unspecified atom stereocenters. The maximum Gasteiger partial charge on any atom is 0.265 e. The van der Waals surface area contributed by atoms with Gasteiger partial charge in [-0.3, -0.25) is 14.6 Å². The molecule has 5 aromatic rings. The Morgan fingerprint density at radius 2 is 1.80 bits per heavy atom. The molecular weight excluding hydrogens is 534 g/mol. The fourth-order valence-electron chi connectivity index (χ4n) is 4.05. The lowest BCUT2D eigenvalue weighted by molar-refractivity contribution is 0.102. The highest BCUT2D eigenvalue weighted by molar-refractivity contribution is 7.20. The molecule has 0 radical (unpaired) electrons. The van der Waals surface area contributed by atoms with Crippen molar-refractivity contribution in [1.29, 1.82) is 5.26 Å². The number of rotatable bonds is 8. The van der Waals surface area contributed by atoms with E-state index in [1.165, 1.54) is 11.3 Å². The van der Waals surface area contributed by atoms with Crippen LogP contribution in [0.15, 0.2) is 79.3 Å². The first kappa shape index (κ1) is 27.4. The minimum atomic E-state index is -0.715. The van der Waals surface area contributed by atoms with Gasteiger partial charge in [0.25, 0.3) is 11.8 Å². The summed E-state index contributed by atoms with van der Waals surface area (Å²) in [7, 11) is 0. The zero-order valence-corrected chi connectivity index (χ0v) is 23.5. The van der Waals surface area contributed by atoms with Crippen molar-refractivity contribution < 1.29 is 9.59 Å². The zero-order valence-electron chi connectivity index (χ0n) is 22.7. The molecule has 0 fully saturated rings. The number of aromatic nitrogens is 3. The van der Waals surface area contributed by atoms with Crippen LogP contribution >= 0.6 is 11.3 Å². The van der Waals surface area contributed by atoms with Crippen molar-refractivity contribution in [2.75, 3.05) is 16.0 Å². The van der Waals surface area contributed by atoms with Crippen LogP contribution in [0.1, 0.15) is 50.6 Å². The predicted molar refractivity (Wildman–Crippen MR) is 161 cm³/mol. The number of benzene rings is 2. The molecule has 3 heterocycles. The number of pyridine rings is 1. The van der Waals surface area contributed by atoms with Gasteiger partial charge in [-0.15, -0.1) is 11.3 Å². The summed E-state index contributed by atoms with van der Waals surface area (Å²) in [6.07, 6.45) is 5.12. The molecule has 5 rings (SSSR count). The first-order chi connectivity index (χ1) is 19.7. The van der Waals surface area contributed by atoms with Gasteiger partial charge in [-0.05, 0) is 79.9 Å². The van der Waals surface area contributed by atoms with Gasteiger partial charge in [0.15, 0.2) is 0 Å². The number of nitriles is 1. The molecule has 0 bridgehead atoms. The van der Waals surface area contributed by atoms with Crippen molar-refractivity contribution in [2.24, 2.45) is 0 Å². The minimum absolute atomic E-state index is 0.292. The summed E-state index contributed by atoms with van der Waals surface area (Å²) in [5.74, 6) is 0.0101. The highest BCUT2D eigenvalue weighted by Gasteiger charge is 2.21. The molecule has 204 valence electrons. The topological polar surface area (TPSA) is 133 Å². The summed E-state index contributed by atoms with van der Waals surface area (Å²) in [6.45, 7) is 6.07. The first-order valence-electron chi connectivity index (χ1n) is 12.9. The third-order valence-corrected chi connectivity index (χ3v) is 7.59. The van der Waals surface area contributed by atoms with Crippen molar-refractivity contribution in [2.45, 2.75) is 32.7 Å². The molecule has 0 saturated heterocycles. The van der Waals surface area contributed by atoms with Crippen LogP contribution in [-0.2, 0) is 12.0 Å². The molecule has 2 aromatic carbocycles. The van der Waals surface area contributed by atoms with E-state index in [4.69, 9.17) is 0 Å². The fourth-order valence-corrected chi connectivity index (χ4v) is 4.89. The van der Waals surface area contributed by atoms with E-state index in [0.717, 1.165) is 16.7 Å². The van der Waals surface area contributed by atoms with Crippen LogP contribution in [0, 0.1) is 18.3 Å². The third-order valence-electron chi connectivity index (χ3n) is 6.55. The highest BCUT2D eigenvalue weighted by atomic mass is 32.1. The minimum Gasteiger partial charge on any atom is -0.365 e. The van der Waals surface area contributed by atoms with Crippen LogP contribution in [0.5, 0.6) is 0 Å². The molecule has 0 atom stereocenters. The summed E-state index contributed by atoms with van der Waals surface area (Å²) in [6, 6.07) is 20.2. The standard InChI is InChI=1S/C31H27N7O2S/c1-19-7-8-23(36-28(39)21-5-4-6-22(13-21)31(2,3)18-32)14-24(19)38-29(40)26-15-25-30(41-26)35-17-27(37-25)34-16-20-9-11-33-12-10-20/h4-15,17H,16H2,1-3H3,(H,34,37)(H,36,39)(H,38,40).